The maximum atomic E-state index is 2.62. The van der Waals surface area contributed by atoms with Gasteiger partial charge in [0, 0.05) is 16.8 Å². The summed E-state index contributed by atoms with van der Waals surface area (Å²) in [6, 6.07) is 88.5. The van der Waals surface area contributed by atoms with Crippen LogP contribution in [0.5, 0.6) is 0 Å². The largest absolute Gasteiger partial charge is 0.309 e. The molecule has 326 valence electrons. The van der Waals surface area contributed by atoms with Gasteiger partial charge in [0.05, 0.1) is 11.4 Å². The van der Waals surface area contributed by atoms with Gasteiger partial charge in [-0.25, -0.2) is 0 Å². The highest BCUT2D eigenvalue weighted by Crippen LogP contribution is 2.57. The van der Waals surface area contributed by atoms with Gasteiger partial charge in [-0.15, -0.1) is 0 Å². The standard InChI is InChI=1S/C67H53N/c1-3-19-47(20-4-1)53-25-7-9-27-56(53)58-29-11-12-30-59(58)61-31-13-15-35-65(61)68(52-37-38-60-57-28-10-8-26-54(57)50-40-45-39-46(41-50)43-51(42-45)64(60)44-52)66-36-16-14-32-62(66)63-34-18-24-49-23-17-33-55(67(49)63)48-21-5-2-6-22-48/h1-38,44-46,50-51H,39-43H2. The number of anilines is 3. The summed E-state index contributed by atoms with van der Waals surface area (Å²) in [7, 11) is 0. The Hall–Kier alpha value is -7.74. The Morgan fingerprint density at radius 1 is 0.279 bits per heavy atom. The van der Waals surface area contributed by atoms with Gasteiger partial charge in [-0.3, -0.25) is 0 Å². The quantitative estimate of drug-likeness (QED) is 0.147. The fourth-order valence-corrected chi connectivity index (χ4v) is 12.9. The van der Waals surface area contributed by atoms with Crippen molar-refractivity contribution in [3.05, 3.63) is 248 Å². The second kappa shape index (κ2) is 17.2. The average molecular weight is 872 g/mol. The molecular weight excluding hydrogens is 819 g/mol. The maximum absolute atomic E-state index is 2.62. The first-order chi connectivity index (χ1) is 33.7. The van der Waals surface area contributed by atoms with E-state index in [-0.39, 0.29) is 0 Å². The predicted octanol–water partition coefficient (Wildman–Crippen LogP) is 18.7. The van der Waals surface area contributed by atoms with Crippen molar-refractivity contribution in [3.63, 3.8) is 0 Å². The molecule has 0 aromatic heterocycles. The van der Waals surface area contributed by atoms with Crippen LogP contribution in [0.15, 0.2) is 237 Å². The molecular formula is C67H53N. The number of nitrogens with zero attached hydrogens (tertiary/aromatic N) is 1. The van der Waals surface area contributed by atoms with Crippen LogP contribution in [0.4, 0.5) is 17.1 Å². The molecule has 0 radical (unpaired) electrons. The Kier molecular flexibility index (Phi) is 10.2. The third-order valence-electron chi connectivity index (χ3n) is 15.7. The molecule has 0 spiro atoms. The SMILES string of the molecule is c1ccc(-c2ccccc2-c2ccccc2-c2ccccc2N(c2ccc3c(c2)C2CC4CC(CC(C4)c4ccccc4-3)C2)c2ccccc2-c2cccc3cccc(-c4ccccc4)c23)cc1. The van der Waals surface area contributed by atoms with Crippen molar-refractivity contribution in [3.8, 4) is 66.8 Å². The molecule has 2 atom stereocenters. The van der Waals surface area contributed by atoms with Gasteiger partial charge in [-0.2, -0.15) is 0 Å². The lowest BCUT2D eigenvalue weighted by Crippen LogP contribution is -2.29. The molecule has 2 unspecified atom stereocenters. The molecule has 2 fully saturated rings. The zero-order chi connectivity index (χ0) is 45.0. The topological polar surface area (TPSA) is 3.24 Å². The van der Waals surface area contributed by atoms with E-state index in [0.717, 1.165) is 23.2 Å². The molecule has 1 nitrogen and oxygen atoms in total. The molecule has 4 bridgehead atoms. The van der Waals surface area contributed by atoms with Crippen molar-refractivity contribution < 1.29 is 0 Å². The van der Waals surface area contributed by atoms with Gasteiger partial charge in [0.25, 0.3) is 0 Å². The summed E-state index contributed by atoms with van der Waals surface area (Å²) in [6.45, 7) is 0. The number of hydrogen-bond acceptors (Lipinski definition) is 1. The van der Waals surface area contributed by atoms with E-state index in [1.807, 2.05) is 0 Å². The molecule has 0 N–H and O–H groups in total. The molecule has 1 heteroatoms. The summed E-state index contributed by atoms with van der Waals surface area (Å²) in [5, 5.41) is 2.50. The van der Waals surface area contributed by atoms with Crippen molar-refractivity contribution in [2.75, 3.05) is 4.90 Å². The highest BCUT2D eigenvalue weighted by molar-refractivity contribution is 6.09. The summed E-state index contributed by atoms with van der Waals surface area (Å²) >= 11 is 0. The summed E-state index contributed by atoms with van der Waals surface area (Å²) in [4.78, 5) is 2.60. The van der Waals surface area contributed by atoms with Crippen molar-refractivity contribution in [1.29, 1.82) is 0 Å². The summed E-state index contributed by atoms with van der Waals surface area (Å²) in [6.07, 6.45) is 6.58. The molecule has 10 aromatic rings. The van der Waals surface area contributed by atoms with E-state index in [9.17, 15) is 0 Å². The van der Waals surface area contributed by atoms with Gasteiger partial charge in [-0.05, 0) is 158 Å². The minimum absolute atomic E-state index is 0.523. The third-order valence-corrected chi connectivity index (χ3v) is 15.7. The Morgan fingerprint density at radius 2 is 0.706 bits per heavy atom. The van der Waals surface area contributed by atoms with Crippen LogP contribution in [0.2, 0.25) is 0 Å². The molecule has 4 aliphatic carbocycles. The molecule has 0 heterocycles. The first-order valence-electron chi connectivity index (χ1n) is 24.8. The number of para-hydroxylation sites is 2. The summed E-state index contributed by atoms with van der Waals surface area (Å²) in [5.74, 6) is 2.72. The lowest BCUT2D eigenvalue weighted by Gasteiger charge is -2.42. The van der Waals surface area contributed by atoms with Crippen LogP contribution in [0.25, 0.3) is 77.5 Å². The number of hydrogen-bond donors (Lipinski definition) is 0. The zero-order valence-corrected chi connectivity index (χ0v) is 38.3. The van der Waals surface area contributed by atoms with Crippen LogP contribution in [-0.4, -0.2) is 0 Å². The molecule has 4 aliphatic rings. The third kappa shape index (κ3) is 7.08. The smallest absolute Gasteiger partial charge is 0.0540 e. The van der Waals surface area contributed by atoms with Crippen molar-refractivity contribution in [1.82, 2.24) is 0 Å². The second-order valence-corrected chi connectivity index (χ2v) is 19.6. The van der Waals surface area contributed by atoms with Gasteiger partial charge in [0.15, 0.2) is 0 Å². The van der Waals surface area contributed by atoms with Gasteiger partial charge in [-0.1, -0.05) is 212 Å². The normalized spacial score (nSPS) is 18.0. The Morgan fingerprint density at radius 3 is 1.34 bits per heavy atom. The van der Waals surface area contributed by atoms with E-state index < -0.39 is 0 Å². The fourth-order valence-electron chi connectivity index (χ4n) is 12.9. The monoisotopic (exact) mass is 871 g/mol. The van der Waals surface area contributed by atoms with Gasteiger partial charge in [0.2, 0.25) is 0 Å². The summed E-state index contributed by atoms with van der Waals surface area (Å²) in [5.41, 5.74) is 21.6. The second-order valence-electron chi connectivity index (χ2n) is 19.6. The van der Waals surface area contributed by atoms with E-state index >= 15 is 0 Å². The van der Waals surface area contributed by atoms with Crippen LogP contribution >= 0.6 is 0 Å². The lowest BCUT2D eigenvalue weighted by atomic mass is 9.63. The van der Waals surface area contributed by atoms with Crippen LogP contribution in [0.1, 0.15) is 55.1 Å². The Balaban J connectivity index is 1.07. The van der Waals surface area contributed by atoms with Gasteiger partial charge >= 0.3 is 0 Å². The zero-order valence-electron chi connectivity index (χ0n) is 38.3. The van der Waals surface area contributed by atoms with E-state index in [0.29, 0.717) is 11.8 Å². The lowest BCUT2D eigenvalue weighted by molar-refractivity contribution is 0.153. The predicted molar refractivity (Wildman–Crippen MR) is 287 cm³/mol. The molecule has 0 aliphatic heterocycles. The highest BCUT2D eigenvalue weighted by atomic mass is 15.1. The first kappa shape index (κ1) is 40.5. The highest BCUT2D eigenvalue weighted by Gasteiger charge is 2.40. The molecule has 10 aromatic carbocycles. The van der Waals surface area contributed by atoms with Crippen LogP contribution in [-0.2, 0) is 0 Å². The van der Waals surface area contributed by atoms with Crippen molar-refractivity contribution in [2.45, 2.75) is 43.9 Å². The van der Waals surface area contributed by atoms with Gasteiger partial charge in [0.1, 0.15) is 0 Å². The number of benzene rings is 10. The minimum atomic E-state index is 0.523. The van der Waals surface area contributed by atoms with Crippen LogP contribution in [0, 0.1) is 11.8 Å². The Labute approximate surface area is 401 Å². The van der Waals surface area contributed by atoms with Crippen LogP contribution < -0.4 is 4.90 Å². The minimum Gasteiger partial charge on any atom is -0.309 e. The molecule has 68 heavy (non-hydrogen) atoms. The van der Waals surface area contributed by atoms with Crippen LogP contribution in [0.3, 0.4) is 0 Å². The number of fused-ring (bicyclic) bond motifs is 1. The van der Waals surface area contributed by atoms with Crippen molar-refractivity contribution >= 4 is 27.8 Å². The fraction of sp³-hybridized carbons (Fsp3) is 0.134. The summed E-state index contributed by atoms with van der Waals surface area (Å²) < 4.78 is 0. The van der Waals surface area contributed by atoms with E-state index in [2.05, 4.69) is 241 Å². The molecule has 0 saturated heterocycles. The maximum Gasteiger partial charge on any atom is 0.0540 e. The molecule has 0 amide bonds. The Bertz CT molecular complexity index is 3460. The average Bonchev–Trinajstić information content (AvgIpc) is 3.46. The van der Waals surface area contributed by atoms with E-state index in [1.54, 1.807) is 5.56 Å². The van der Waals surface area contributed by atoms with Crippen molar-refractivity contribution in [2.24, 2.45) is 11.8 Å². The van der Waals surface area contributed by atoms with E-state index in [1.165, 1.54) is 121 Å². The van der Waals surface area contributed by atoms with Gasteiger partial charge < -0.3 is 4.90 Å². The number of rotatable bonds is 8. The first-order valence-corrected chi connectivity index (χ1v) is 24.8. The molecule has 2 saturated carbocycles. The molecule has 14 rings (SSSR count). The van der Waals surface area contributed by atoms with E-state index in [4.69, 9.17) is 0 Å².